The van der Waals surface area contributed by atoms with E-state index < -0.39 is 5.91 Å². The van der Waals surface area contributed by atoms with Gasteiger partial charge in [-0.1, -0.05) is 12.2 Å². The van der Waals surface area contributed by atoms with Crippen LogP contribution in [-0.2, 0) is 30.9 Å². The Morgan fingerprint density at radius 1 is 0.845 bits per heavy atom. The lowest BCUT2D eigenvalue weighted by Crippen LogP contribution is -2.20. The Balaban J connectivity index is 1.22. The predicted molar refractivity (Wildman–Crippen MR) is 217 cm³/mol. The molecular weight excluding hydrogens is 743 g/mol. The van der Waals surface area contributed by atoms with Gasteiger partial charge < -0.3 is 24.3 Å². The molecule has 6 aromatic rings. The van der Waals surface area contributed by atoms with Gasteiger partial charge in [0.25, 0.3) is 11.8 Å². The topological polar surface area (TPSA) is 208 Å². The fraction of sp³-hybridized carbons (Fsp3) is 0.366. The molecule has 0 radical (unpaired) electrons. The SMILES string of the molecule is CCn1nc(C)cc1C(=O)Nc1nc2cc(C(N)=O)ccc2n1C/C=C/Cn1c(NC(=O)c2cc(C)nn2CC)nc2cc(C=O)cc(OCCC3CCOCC3)c21. The van der Waals surface area contributed by atoms with Crippen molar-refractivity contribution >= 4 is 58.0 Å². The number of anilines is 2. The zero-order chi connectivity index (χ0) is 40.9. The van der Waals surface area contributed by atoms with E-state index in [2.05, 4.69) is 25.8 Å². The van der Waals surface area contributed by atoms with Gasteiger partial charge >= 0.3 is 0 Å². The number of nitrogens with two attached hydrogens (primary N) is 1. The van der Waals surface area contributed by atoms with E-state index in [0.717, 1.165) is 38.8 Å². The third kappa shape index (κ3) is 8.39. The van der Waals surface area contributed by atoms with Crippen LogP contribution < -0.4 is 21.1 Å². The minimum absolute atomic E-state index is 0.240. The number of amides is 3. The summed E-state index contributed by atoms with van der Waals surface area (Å²) in [5.41, 5.74) is 10.7. The van der Waals surface area contributed by atoms with Gasteiger partial charge in [-0.2, -0.15) is 10.2 Å². The van der Waals surface area contributed by atoms with Crippen LogP contribution in [0, 0.1) is 19.8 Å². The quantitative estimate of drug-likeness (QED) is 0.0851. The summed E-state index contributed by atoms with van der Waals surface area (Å²) in [5, 5.41) is 14.7. The van der Waals surface area contributed by atoms with Crippen LogP contribution in [0.15, 0.2) is 54.6 Å². The molecule has 7 rings (SSSR count). The summed E-state index contributed by atoms with van der Waals surface area (Å²) in [6, 6.07) is 11.7. The Hall–Kier alpha value is -6.62. The average Bonchev–Trinajstić information content (AvgIpc) is 3.98. The Labute approximate surface area is 334 Å². The minimum Gasteiger partial charge on any atom is -0.491 e. The highest BCUT2D eigenvalue weighted by atomic mass is 16.5. The van der Waals surface area contributed by atoms with Gasteiger partial charge in [0, 0.05) is 50.5 Å². The van der Waals surface area contributed by atoms with Crippen LogP contribution in [0.3, 0.4) is 0 Å². The molecule has 4 N–H and O–H groups in total. The highest BCUT2D eigenvalue weighted by Gasteiger charge is 2.23. The number of ether oxygens (including phenoxy) is 2. The molecule has 1 fully saturated rings. The van der Waals surface area contributed by atoms with Crippen LogP contribution in [0.4, 0.5) is 11.9 Å². The summed E-state index contributed by atoms with van der Waals surface area (Å²) in [7, 11) is 0. The average molecular weight is 790 g/mol. The van der Waals surface area contributed by atoms with Crippen molar-refractivity contribution in [2.24, 2.45) is 11.7 Å². The first kappa shape index (κ1) is 39.6. The number of carbonyl (C=O) groups excluding carboxylic acids is 4. The van der Waals surface area contributed by atoms with Gasteiger partial charge in [-0.05, 0) is 95.3 Å². The van der Waals surface area contributed by atoms with Crippen molar-refractivity contribution in [1.29, 1.82) is 0 Å². The second kappa shape index (κ2) is 17.3. The summed E-state index contributed by atoms with van der Waals surface area (Å²) >= 11 is 0. The summed E-state index contributed by atoms with van der Waals surface area (Å²) in [6.07, 6.45) is 7.31. The molecule has 0 spiro atoms. The molecule has 1 saturated heterocycles. The molecule has 2 aromatic carbocycles. The number of aldehydes is 1. The lowest BCUT2D eigenvalue weighted by Gasteiger charge is -2.22. The Morgan fingerprint density at radius 3 is 2.05 bits per heavy atom. The summed E-state index contributed by atoms with van der Waals surface area (Å²) in [5.74, 6) is 0.0933. The van der Waals surface area contributed by atoms with E-state index in [-0.39, 0.29) is 42.4 Å². The predicted octanol–water partition coefficient (Wildman–Crippen LogP) is 5.30. The molecular formula is C41H47N11O6. The fourth-order valence-corrected chi connectivity index (χ4v) is 7.27. The first-order valence-corrected chi connectivity index (χ1v) is 19.4. The molecule has 58 heavy (non-hydrogen) atoms. The van der Waals surface area contributed by atoms with Crippen molar-refractivity contribution in [1.82, 2.24) is 38.7 Å². The van der Waals surface area contributed by atoms with Gasteiger partial charge in [0.1, 0.15) is 28.9 Å². The molecule has 3 amide bonds. The molecule has 0 unspecified atom stereocenters. The number of rotatable bonds is 16. The van der Waals surface area contributed by atoms with Crippen molar-refractivity contribution < 1.29 is 28.7 Å². The van der Waals surface area contributed by atoms with Crippen LogP contribution in [0.25, 0.3) is 22.1 Å². The standard InChI is InChI=1S/C41H47N11O6/c1-5-51-33(19-25(3)47-51)38(55)45-40-43-30-23-29(37(42)54)9-10-32(30)49(40)14-7-8-15-50-36-31(44-41(50)46-39(56)34-20-26(4)48-52(34)6-2)21-28(24-53)22-35(36)58-18-13-27-11-16-57-17-12-27/h7-10,19-24,27H,5-6,11-18H2,1-4H3,(H2,42,54)(H,43,45,55)(H,44,46,56)/b8-7+. The number of aryl methyl sites for hydroxylation is 4. The van der Waals surface area contributed by atoms with E-state index in [1.165, 1.54) is 0 Å². The summed E-state index contributed by atoms with van der Waals surface area (Å²) < 4.78 is 18.8. The van der Waals surface area contributed by atoms with E-state index in [1.807, 2.05) is 49.0 Å². The summed E-state index contributed by atoms with van der Waals surface area (Å²) in [6.45, 7) is 10.9. The second-order valence-corrected chi connectivity index (χ2v) is 14.2. The lowest BCUT2D eigenvalue weighted by atomic mass is 9.97. The maximum absolute atomic E-state index is 13.7. The van der Waals surface area contributed by atoms with E-state index in [0.29, 0.717) is 81.8 Å². The van der Waals surface area contributed by atoms with Crippen molar-refractivity contribution in [3.63, 3.8) is 0 Å². The number of primary amides is 1. The van der Waals surface area contributed by atoms with E-state index in [1.54, 1.807) is 51.8 Å². The molecule has 1 aliphatic rings. The van der Waals surface area contributed by atoms with E-state index in [4.69, 9.17) is 20.2 Å². The van der Waals surface area contributed by atoms with Crippen molar-refractivity contribution in [3.05, 3.63) is 88.5 Å². The van der Waals surface area contributed by atoms with E-state index >= 15 is 0 Å². The number of nitrogens with one attached hydrogen (secondary N) is 2. The van der Waals surface area contributed by atoms with Crippen molar-refractivity contribution in [3.8, 4) is 5.75 Å². The highest BCUT2D eigenvalue weighted by molar-refractivity contribution is 6.04. The Morgan fingerprint density at radius 2 is 1.45 bits per heavy atom. The molecule has 17 nitrogen and oxygen atoms in total. The molecule has 0 bridgehead atoms. The maximum Gasteiger partial charge on any atom is 0.276 e. The minimum atomic E-state index is -0.596. The Kier molecular flexibility index (Phi) is 11.8. The van der Waals surface area contributed by atoms with Gasteiger partial charge in [-0.3, -0.25) is 39.2 Å². The van der Waals surface area contributed by atoms with Crippen LogP contribution in [0.1, 0.15) is 86.2 Å². The molecule has 0 atom stereocenters. The van der Waals surface area contributed by atoms with Gasteiger partial charge in [0.2, 0.25) is 17.8 Å². The second-order valence-electron chi connectivity index (χ2n) is 14.2. The zero-order valence-electron chi connectivity index (χ0n) is 33.0. The van der Waals surface area contributed by atoms with Crippen LogP contribution >= 0.6 is 0 Å². The third-order valence-electron chi connectivity index (χ3n) is 10.2. The molecule has 4 aromatic heterocycles. The van der Waals surface area contributed by atoms with Crippen LogP contribution in [-0.4, -0.2) is 82.5 Å². The number of carbonyl (C=O) groups is 4. The number of allylic oxidation sites excluding steroid dienone is 2. The number of hydrogen-bond donors (Lipinski definition) is 3. The maximum atomic E-state index is 13.7. The highest BCUT2D eigenvalue weighted by Crippen LogP contribution is 2.32. The molecule has 0 saturated carbocycles. The van der Waals surface area contributed by atoms with E-state index in [9.17, 15) is 19.2 Å². The van der Waals surface area contributed by atoms with Gasteiger partial charge in [0.05, 0.1) is 34.5 Å². The number of hydrogen-bond acceptors (Lipinski definition) is 10. The molecule has 0 aliphatic carbocycles. The Bertz CT molecular complexity index is 2540. The largest absolute Gasteiger partial charge is 0.491 e. The van der Waals surface area contributed by atoms with Gasteiger partial charge in [0.15, 0.2) is 0 Å². The van der Waals surface area contributed by atoms with Gasteiger partial charge in [-0.15, -0.1) is 0 Å². The van der Waals surface area contributed by atoms with Crippen LogP contribution in [0.2, 0.25) is 0 Å². The molecule has 1 aliphatic heterocycles. The lowest BCUT2D eigenvalue weighted by molar-refractivity contribution is 0.0594. The molecule has 17 heteroatoms. The van der Waals surface area contributed by atoms with Crippen LogP contribution in [0.5, 0.6) is 5.75 Å². The third-order valence-corrected chi connectivity index (χ3v) is 10.2. The van der Waals surface area contributed by atoms with Crippen molar-refractivity contribution in [2.75, 3.05) is 30.5 Å². The van der Waals surface area contributed by atoms with Gasteiger partial charge in [-0.25, -0.2) is 9.97 Å². The smallest absolute Gasteiger partial charge is 0.276 e. The number of fused-ring (bicyclic) bond motifs is 2. The first-order chi connectivity index (χ1) is 28.1. The molecule has 302 valence electrons. The monoisotopic (exact) mass is 789 g/mol. The zero-order valence-corrected chi connectivity index (χ0v) is 33.0. The number of aromatic nitrogens is 8. The first-order valence-electron chi connectivity index (χ1n) is 19.4. The normalized spacial score (nSPS) is 13.4. The summed E-state index contributed by atoms with van der Waals surface area (Å²) in [4.78, 5) is 60.8. The fourth-order valence-electron chi connectivity index (χ4n) is 7.27. The molecule has 5 heterocycles. The number of benzene rings is 2. The number of imidazole rings is 2. The number of nitrogens with zero attached hydrogens (tertiary/aromatic N) is 8. The van der Waals surface area contributed by atoms with Crippen molar-refractivity contribution in [2.45, 2.75) is 73.1 Å².